The van der Waals surface area contributed by atoms with E-state index in [0.29, 0.717) is 6.54 Å². The van der Waals surface area contributed by atoms with E-state index in [1.54, 1.807) is 6.92 Å². The highest BCUT2D eigenvalue weighted by molar-refractivity contribution is 7.85. The van der Waals surface area contributed by atoms with Crippen LogP contribution in [-0.4, -0.2) is 66.0 Å². The molecule has 37 heavy (non-hydrogen) atoms. The number of quaternary nitrogens is 1. The highest BCUT2D eigenvalue weighted by Crippen LogP contribution is 2.38. The minimum atomic E-state index is -4.12. The van der Waals surface area contributed by atoms with Gasteiger partial charge in [-0.1, -0.05) is 103 Å². The van der Waals surface area contributed by atoms with Crippen molar-refractivity contribution >= 4 is 16.1 Å². The first kappa shape index (κ1) is 36.3. The Morgan fingerprint density at radius 2 is 1.11 bits per heavy atom. The lowest BCUT2D eigenvalue weighted by molar-refractivity contribution is -0.975. The molecule has 0 radical (unpaired) electrons. The third-order valence-corrected chi connectivity index (χ3v) is 9.92. The van der Waals surface area contributed by atoms with Gasteiger partial charge in [-0.25, -0.2) is 4.79 Å². The first-order valence-electron chi connectivity index (χ1n) is 15.0. The van der Waals surface area contributed by atoms with Gasteiger partial charge < -0.3 is 15.3 Å². The van der Waals surface area contributed by atoms with Crippen molar-refractivity contribution in [3.63, 3.8) is 0 Å². The van der Waals surface area contributed by atoms with Crippen LogP contribution >= 0.6 is 0 Å². The molecule has 0 rings (SSSR count). The van der Waals surface area contributed by atoms with Gasteiger partial charge in [-0.15, -0.1) is 0 Å². The van der Waals surface area contributed by atoms with Crippen LogP contribution in [0.3, 0.4) is 0 Å². The quantitative estimate of drug-likeness (QED) is 0.0645. The highest BCUT2D eigenvalue weighted by atomic mass is 32.2. The molecule has 8 heteroatoms. The number of hydrogen-bond donors (Lipinski definition) is 3. The zero-order valence-electron chi connectivity index (χ0n) is 24.9. The van der Waals surface area contributed by atoms with E-state index in [1.807, 2.05) is 21.0 Å². The van der Waals surface area contributed by atoms with Gasteiger partial charge in [0.1, 0.15) is 5.54 Å². The number of carbonyl (C=O) groups is 1. The molecule has 4 N–H and O–H groups in total. The molecule has 0 aliphatic heterocycles. The van der Waals surface area contributed by atoms with E-state index in [2.05, 4.69) is 6.92 Å². The second kappa shape index (κ2) is 18.6. The van der Waals surface area contributed by atoms with E-state index >= 15 is 0 Å². The van der Waals surface area contributed by atoms with Crippen molar-refractivity contribution in [2.24, 2.45) is 5.73 Å². The smallest absolute Gasteiger partial charge is 0.365 e. The fraction of sp³-hybridized carbons (Fsp3) is 0.966. The van der Waals surface area contributed by atoms with Crippen LogP contribution in [0.2, 0.25) is 0 Å². The van der Waals surface area contributed by atoms with Crippen LogP contribution in [0.5, 0.6) is 0 Å². The molecule has 222 valence electrons. The van der Waals surface area contributed by atoms with Gasteiger partial charge in [0.2, 0.25) is 0 Å². The lowest BCUT2D eigenvalue weighted by atomic mass is 9.81. The van der Waals surface area contributed by atoms with Crippen LogP contribution in [0.4, 0.5) is 0 Å². The molecule has 0 heterocycles. The minimum absolute atomic E-state index is 0.0863. The van der Waals surface area contributed by atoms with E-state index in [4.69, 9.17) is 10.3 Å². The largest absolute Gasteiger partial charge is 0.477 e. The van der Waals surface area contributed by atoms with E-state index in [1.165, 1.54) is 89.9 Å². The van der Waals surface area contributed by atoms with Gasteiger partial charge in [0.25, 0.3) is 10.1 Å². The summed E-state index contributed by atoms with van der Waals surface area (Å²) in [5.41, 5.74) is 4.54. The molecule has 0 spiro atoms. The molecule has 7 nitrogen and oxygen atoms in total. The van der Waals surface area contributed by atoms with Gasteiger partial charge in [0.15, 0.2) is 5.54 Å². The fourth-order valence-corrected chi connectivity index (χ4v) is 5.99. The summed E-state index contributed by atoms with van der Waals surface area (Å²) in [6, 6.07) is 0. The second-order valence-corrected chi connectivity index (χ2v) is 13.7. The fourth-order valence-electron chi connectivity index (χ4n) is 5.48. The van der Waals surface area contributed by atoms with Gasteiger partial charge in [-0.2, -0.15) is 8.42 Å². The van der Waals surface area contributed by atoms with Gasteiger partial charge >= 0.3 is 5.97 Å². The van der Waals surface area contributed by atoms with Crippen LogP contribution in [0.25, 0.3) is 0 Å². The van der Waals surface area contributed by atoms with Crippen LogP contribution in [0.1, 0.15) is 143 Å². The normalized spacial score (nSPS) is 15.9. The molecule has 0 saturated carbocycles. The van der Waals surface area contributed by atoms with E-state index in [0.717, 1.165) is 19.3 Å². The maximum atomic E-state index is 12.3. The zero-order chi connectivity index (χ0) is 28.4. The number of nitrogens with zero attached hydrogens (tertiary/aromatic N) is 1. The second-order valence-electron chi connectivity index (χ2n) is 12.2. The minimum Gasteiger partial charge on any atom is -0.477 e. The van der Waals surface area contributed by atoms with E-state index < -0.39 is 32.9 Å². The highest BCUT2D eigenvalue weighted by Gasteiger charge is 2.56. The summed E-state index contributed by atoms with van der Waals surface area (Å²) in [6.45, 7) is 6.32. The van der Waals surface area contributed by atoms with Crippen molar-refractivity contribution in [2.75, 3.05) is 26.4 Å². The van der Waals surface area contributed by atoms with Crippen molar-refractivity contribution < 1.29 is 27.4 Å². The molecule has 0 bridgehead atoms. The molecule has 2 atom stereocenters. The molecule has 0 saturated heterocycles. The Balaban J connectivity index is 4.32. The Bertz CT molecular complexity index is 713. The topological polar surface area (TPSA) is 118 Å². The first-order valence-corrected chi connectivity index (χ1v) is 16.6. The van der Waals surface area contributed by atoms with Crippen LogP contribution in [-0.2, 0) is 14.9 Å². The van der Waals surface area contributed by atoms with Gasteiger partial charge in [-0.05, 0) is 19.8 Å². The van der Waals surface area contributed by atoms with Crippen molar-refractivity contribution in [1.82, 2.24) is 0 Å². The predicted octanol–water partition coefficient (Wildman–Crippen LogP) is 6.94. The maximum Gasteiger partial charge on any atom is 0.365 e. The Morgan fingerprint density at radius 1 is 0.730 bits per heavy atom. The number of carboxylic acids is 1. The lowest BCUT2D eigenvalue weighted by Crippen LogP contribution is -2.73. The molecule has 0 aliphatic carbocycles. The monoisotopic (exact) mass is 549 g/mol. The molecule has 0 aliphatic rings. The van der Waals surface area contributed by atoms with Gasteiger partial charge in [-0.3, -0.25) is 4.55 Å². The molecule has 0 aromatic rings. The third-order valence-electron chi connectivity index (χ3n) is 9.12. The Kier molecular flexibility index (Phi) is 18.2. The zero-order valence-corrected chi connectivity index (χ0v) is 25.7. The summed E-state index contributed by atoms with van der Waals surface area (Å²) in [5.74, 6) is -1.41. The number of nitrogens with two attached hydrogens (primary N) is 1. The predicted molar refractivity (Wildman–Crippen MR) is 155 cm³/mol. The molecule has 0 aromatic carbocycles. The van der Waals surface area contributed by atoms with Crippen LogP contribution in [0.15, 0.2) is 0 Å². The molecule has 0 fully saturated rings. The van der Waals surface area contributed by atoms with Crippen molar-refractivity contribution in [2.45, 2.75) is 154 Å². The molecule has 0 amide bonds. The summed E-state index contributed by atoms with van der Waals surface area (Å²) >= 11 is 0. The first-order chi connectivity index (χ1) is 17.3. The molecular weight excluding hydrogens is 488 g/mol. The SMILES string of the molecule is CCCCCCCCCCCCCCCCCCC(C)(CN)[N+](C)(C)C(C)(CCCS(=O)(=O)O)C(=O)O. The summed E-state index contributed by atoms with van der Waals surface area (Å²) < 4.78 is 31.5. The van der Waals surface area contributed by atoms with E-state index in [-0.39, 0.29) is 17.3 Å². The van der Waals surface area contributed by atoms with Crippen LogP contribution in [0, 0.1) is 0 Å². The van der Waals surface area contributed by atoms with Crippen LogP contribution < -0.4 is 5.73 Å². The van der Waals surface area contributed by atoms with Crippen molar-refractivity contribution in [3.8, 4) is 0 Å². The standard InChI is InChI=1S/C29H60N2O5S/c1-6-7-8-9-10-11-12-13-14-15-16-17-18-19-20-21-23-28(2,26-30)31(4,5)29(3,27(32)33)24-22-25-37(34,35)36/h6-26,30H2,1-5H3,(H-,32,33,34,35,36)/p+1. The number of likely N-dealkylation sites (N-methyl/N-ethyl adjacent to an activating group) is 1. The molecular formula is C29H61N2O5S+. The number of aliphatic carboxylic acids is 1. The molecule has 2 unspecified atom stereocenters. The Hall–Kier alpha value is -0.700. The maximum absolute atomic E-state index is 12.3. The number of rotatable bonds is 25. The van der Waals surface area contributed by atoms with Crippen molar-refractivity contribution in [3.05, 3.63) is 0 Å². The van der Waals surface area contributed by atoms with Gasteiger partial charge in [0, 0.05) is 26.3 Å². The summed E-state index contributed by atoms with van der Waals surface area (Å²) in [5, 5.41) is 10.1. The average molecular weight is 550 g/mol. The summed E-state index contributed by atoms with van der Waals surface area (Å²) in [4.78, 5) is 12.3. The Labute approximate surface area is 229 Å². The average Bonchev–Trinajstić information content (AvgIpc) is 2.82. The Morgan fingerprint density at radius 3 is 1.43 bits per heavy atom. The van der Waals surface area contributed by atoms with Gasteiger partial charge in [0.05, 0.1) is 19.8 Å². The summed E-state index contributed by atoms with van der Waals surface area (Å²) in [6.07, 6.45) is 22.0. The van der Waals surface area contributed by atoms with Crippen molar-refractivity contribution in [1.29, 1.82) is 0 Å². The third kappa shape index (κ3) is 13.8. The lowest BCUT2D eigenvalue weighted by Gasteiger charge is -2.54. The number of carboxylic acid groups (broad SMARTS) is 1. The molecule has 0 aromatic heterocycles. The number of hydrogen-bond acceptors (Lipinski definition) is 4. The summed E-state index contributed by atoms with van der Waals surface area (Å²) in [7, 11) is -0.342. The van der Waals surface area contributed by atoms with E-state index in [9.17, 15) is 18.3 Å². The number of unbranched alkanes of at least 4 members (excludes halogenated alkanes) is 15.